The van der Waals surface area contributed by atoms with Gasteiger partial charge >= 0.3 is 5.97 Å². The van der Waals surface area contributed by atoms with Crippen molar-refractivity contribution < 1.29 is 13.9 Å². The van der Waals surface area contributed by atoms with E-state index >= 15 is 0 Å². The summed E-state index contributed by atoms with van der Waals surface area (Å²) in [6, 6.07) is 10.3. The number of carbonyl (C=O) groups excluding carboxylic acids is 1. The molecule has 164 valence electrons. The molecular formula is C23H22N4O5. The maximum absolute atomic E-state index is 12.5. The molecule has 0 bridgehead atoms. The van der Waals surface area contributed by atoms with Crippen LogP contribution in [0.1, 0.15) is 44.6 Å². The normalized spacial score (nSPS) is 11.1. The maximum atomic E-state index is 12.5. The van der Waals surface area contributed by atoms with E-state index in [9.17, 15) is 14.4 Å². The molecule has 4 N–H and O–H groups in total. The molecule has 0 aliphatic carbocycles. The number of aromatic nitrogens is 4. The quantitative estimate of drug-likeness (QED) is 0.262. The smallest absolute Gasteiger partial charge is 0.338 e. The summed E-state index contributed by atoms with van der Waals surface area (Å²) in [7, 11) is 0. The van der Waals surface area contributed by atoms with Crippen molar-refractivity contribution in [3.8, 4) is 11.3 Å². The number of aromatic amines is 4. The van der Waals surface area contributed by atoms with Crippen molar-refractivity contribution in [1.29, 1.82) is 0 Å². The first-order valence-corrected chi connectivity index (χ1v) is 9.93. The topological polar surface area (TPSA) is 137 Å². The SMILES string of the molecule is C=CCOC(=O)c1cccc(-c2ccc(C(c3c(C)[nH][nH]c3=O)c3c(C)[nH][nH]c3=O)o2)c1. The van der Waals surface area contributed by atoms with Gasteiger partial charge in [-0.25, -0.2) is 4.79 Å². The minimum atomic E-state index is -0.727. The Balaban J connectivity index is 1.78. The van der Waals surface area contributed by atoms with Gasteiger partial charge in [0.2, 0.25) is 0 Å². The lowest BCUT2D eigenvalue weighted by Crippen LogP contribution is -2.19. The Kier molecular flexibility index (Phi) is 5.55. The predicted octanol–water partition coefficient (Wildman–Crippen LogP) is 3.12. The Morgan fingerprint density at radius 2 is 1.69 bits per heavy atom. The number of nitrogens with one attached hydrogen (secondary N) is 4. The number of rotatable bonds is 7. The standard InChI is InChI=1S/C23H22N4O5/c1-4-10-31-23(30)15-7-5-6-14(11-15)16-8-9-17(32-16)20(18-12(2)24-26-21(18)28)19-13(3)25-27-22(19)29/h4-9,11,20H,1,10H2,2-3H3,(H2,24,26,28)(H2,25,27,29). The summed E-state index contributed by atoms with van der Waals surface area (Å²) in [5, 5.41) is 10.7. The predicted molar refractivity (Wildman–Crippen MR) is 118 cm³/mol. The lowest BCUT2D eigenvalue weighted by Gasteiger charge is -2.12. The molecule has 3 heterocycles. The second-order valence-corrected chi connectivity index (χ2v) is 7.34. The third kappa shape index (κ3) is 3.76. The van der Waals surface area contributed by atoms with Crippen LogP contribution in [0.4, 0.5) is 0 Å². The second kappa shape index (κ2) is 8.46. The number of aryl methyl sites for hydroxylation is 2. The summed E-state index contributed by atoms with van der Waals surface area (Å²) in [6.45, 7) is 7.14. The molecule has 0 fully saturated rings. The van der Waals surface area contributed by atoms with Gasteiger partial charge in [0.1, 0.15) is 18.1 Å². The molecule has 0 saturated carbocycles. The van der Waals surface area contributed by atoms with Crippen molar-refractivity contribution in [2.45, 2.75) is 19.8 Å². The van der Waals surface area contributed by atoms with E-state index in [-0.39, 0.29) is 17.7 Å². The zero-order valence-corrected chi connectivity index (χ0v) is 17.6. The molecule has 1 aromatic carbocycles. The molecule has 9 heteroatoms. The van der Waals surface area contributed by atoms with Gasteiger partial charge in [-0.1, -0.05) is 24.8 Å². The molecule has 0 spiro atoms. The van der Waals surface area contributed by atoms with Crippen molar-refractivity contribution >= 4 is 5.97 Å². The Morgan fingerprint density at radius 1 is 1.03 bits per heavy atom. The Morgan fingerprint density at radius 3 is 2.25 bits per heavy atom. The van der Waals surface area contributed by atoms with Gasteiger partial charge in [0.15, 0.2) is 0 Å². The molecule has 0 atom stereocenters. The van der Waals surface area contributed by atoms with E-state index < -0.39 is 11.9 Å². The van der Waals surface area contributed by atoms with Crippen LogP contribution in [0.5, 0.6) is 0 Å². The van der Waals surface area contributed by atoms with Gasteiger partial charge in [0.25, 0.3) is 11.1 Å². The monoisotopic (exact) mass is 434 g/mol. The van der Waals surface area contributed by atoms with Crippen LogP contribution in [0.3, 0.4) is 0 Å². The van der Waals surface area contributed by atoms with Crippen LogP contribution in [0.2, 0.25) is 0 Å². The lowest BCUT2D eigenvalue weighted by molar-refractivity contribution is 0.0550. The number of hydrogen-bond acceptors (Lipinski definition) is 5. The Hall–Kier alpha value is -4.27. The van der Waals surface area contributed by atoms with Crippen LogP contribution in [0, 0.1) is 13.8 Å². The first-order valence-electron chi connectivity index (χ1n) is 9.93. The number of ether oxygens (including phenoxy) is 1. The summed E-state index contributed by atoms with van der Waals surface area (Å²) in [5.74, 6) is -0.298. The molecule has 0 amide bonds. The van der Waals surface area contributed by atoms with Crippen molar-refractivity contribution in [2.75, 3.05) is 6.61 Å². The molecule has 0 unspecified atom stereocenters. The van der Waals surface area contributed by atoms with Gasteiger partial charge in [-0.3, -0.25) is 19.8 Å². The largest absolute Gasteiger partial charge is 0.460 e. The number of esters is 1. The van der Waals surface area contributed by atoms with Crippen molar-refractivity contribution in [3.05, 3.63) is 104 Å². The van der Waals surface area contributed by atoms with E-state index in [2.05, 4.69) is 27.0 Å². The molecular weight excluding hydrogens is 412 g/mol. The van der Waals surface area contributed by atoms with Crippen molar-refractivity contribution in [1.82, 2.24) is 20.4 Å². The number of carbonyl (C=O) groups is 1. The molecule has 0 aliphatic heterocycles. The minimum absolute atomic E-state index is 0.116. The fourth-order valence-corrected chi connectivity index (χ4v) is 3.72. The van der Waals surface area contributed by atoms with Crippen LogP contribution >= 0.6 is 0 Å². The van der Waals surface area contributed by atoms with Crippen LogP contribution in [0.15, 0.2) is 63.1 Å². The lowest BCUT2D eigenvalue weighted by atomic mass is 9.89. The summed E-state index contributed by atoms with van der Waals surface area (Å²) in [4.78, 5) is 37.3. The van der Waals surface area contributed by atoms with E-state index in [0.717, 1.165) is 0 Å². The van der Waals surface area contributed by atoms with Gasteiger partial charge in [0, 0.05) is 17.0 Å². The number of furan rings is 1. The highest BCUT2D eigenvalue weighted by Gasteiger charge is 2.30. The van der Waals surface area contributed by atoms with E-state index in [0.29, 0.717) is 45.2 Å². The molecule has 4 aromatic rings. The van der Waals surface area contributed by atoms with Gasteiger partial charge in [-0.2, -0.15) is 0 Å². The van der Waals surface area contributed by atoms with E-state index in [1.54, 1.807) is 50.2 Å². The Bertz CT molecular complexity index is 1340. The average molecular weight is 434 g/mol. The maximum Gasteiger partial charge on any atom is 0.338 e. The minimum Gasteiger partial charge on any atom is -0.460 e. The van der Waals surface area contributed by atoms with Crippen LogP contribution < -0.4 is 11.1 Å². The molecule has 32 heavy (non-hydrogen) atoms. The summed E-state index contributed by atoms with van der Waals surface area (Å²) in [6.07, 6.45) is 1.50. The highest BCUT2D eigenvalue weighted by atomic mass is 16.5. The number of benzene rings is 1. The van der Waals surface area contributed by atoms with E-state index in [1.165, 1.54) is 6.08 Å². The molecule has 0 aliphatic rings. The average Bonchev–Trinajstić information content (AvgIpc) is 3.49. The number of H-pyrrole nitrogens is 4. The molecule has 4 rings (SSSR count). The van der Waals surface area contributed by atoms with Gasteiger partial charge < -0.3 is 19.4 Å². The second-order valence-electron chi connectivity index (χ2n) is 7.34. The van der Waals surface area contributed by atoms with Gasteiger partial charge in [0.05, 0.1) is 22.6 Å². The fraction of sp³-hybridized carbons (Fsp3) is 0.174. The van der Waals surface area contributed by atoms with Gasteiger partial charge in [-0.15, -0.1) is 0 Å². The third-order valence-electron chi connectivity index (χ3n) is 5.23. The molecule has 9 nitrogen and oxygen atoms in total. The number of hydrogen-bond donors (Lipinski definition) is 4. The van der Waals surface area contributed by atoms with Crippen LogP contribution in [-0.2, 0) is 4.74 Å². The summed E-state index contributed by atoms with van der Waals surface area (Å²) < 4.78 is 11.2. The van der Waals surface area contributed by atoms with E-state index in [1.807, 2.05) is 0 Å². The highest BCUT2D eigenvalue weighted by Crippen LogP contribution is 2.34. The van der Waals surface area contributed by atoms with Crippen LogP contribution in [0.25, 0.3) is 11.3 Å². The third-order valence-corrected chi connectivity index (χ3v) is 5.23. The summed E-state index contributed by atoms with van der Waals surface area (Å²) >= 11 is 0. The summed E-state index contributed by atoms with van der Waals surface area (Å²) in [5.41, 5.74) is 2.34. The van der Waals surface area contributed by atoms with Crippen molar-refractivity contribution in [3.63, 3.8) is 0 Å². The first-order chi connectivity index (χ1) is 15.4. The highest BCUT2D eigenvalue weighted by molar-refractivity contribution is 5.90. The zero-order chi connectivity index (χ0) is 22.8. The van der Waals surface area contributed by atoms with Crippen LogP contribution in [-0.4, -0.2) is 33.0 Å². The molecule has 0 saturated heterocycles. The first kappa shape index (κ1) is 21.0. The van der Waals surface area contributed by atoms with E-state index in [4.69, 9.17) is 9.15 Å². The zero-order valence-electron chi connectivity index (χ0n) is 17.6. The fourth-order valence-electron chi connectivity index (χ4n) is 3.72. The van der Waals surface area contributed by atoms with Crippen molar-refractivity contribution in [2.24, 2.45) is 0 Å². The molecule has 0 radical (unpaired) electrons. The Labute approximate surface area is 182 Å². The molecule has 3 aromatic heterocycles. The van der Waals surface area contributed by atoms with Gasteiger partial charge in [-0.05, 0) is 38.1 Å².